The summed E-state index contributed by atoms with van der Waals surface area (Å²) in [5.41, 5.74) is 3.73. The number of anilines is 1. The Labute approximate surface area is 142 Å². The SMILES string of the molecule is CCc1cccc(C)c1NC(=O)COC(=O)/C=C/c1ccccc1. The summed E-state index contributed by atoms with van der Waals surface area (Å²) in [6.07, 6.45) is 3.78. The van der Waals surface area contributed by atoms with Crippen LogP contribution in [0.25, 0.3) is 6.08 Å². The topological polar surface area (TPSA) is 55.4 Å². The second-order valence-corrected chi connectivity index (χ2v) is 5.36. The van der Waals surface area contributed by atoms with E-state index in [4.69, 9.17) is 4.74 Å². The van der Waals surface area contributed by atoms with Crippen molar-refractivity contribution in [3.63, 3.8) is 0 Å². The Morgan fingerprint density at radius 2 is 1.83 bits per heavy atom. The summed E-state index contributed by atoms with van der Waals surface area (Å²) < 4.78 is 4.97. The van der Waals surface area contributed by atoms with Crippen LogP contribution in [0.1, 0.15) is 23.6 Å². The van der Waals surface area contributed by atoms with Gasteiger partial charge in [0.15, 0.2) is 6.61 Å². The van der Waals surface area contributed by atoms with Gasteiger partial charge in [0.25, 0.3) is 5.91 Å². The van der Waals surface area contributed by atoms with Gasteiger partial charge in [-0.25, -0.2) is 4.79 Å². The van der Waals surface area contributed by atoms with Crippen molar-refractivity contribution in [2.24, 2.45) is 0 Å². The van der Waals surface area contributed by atoms with Crippen LogP contribution in [0.2, 0.25) is 0 Å². The lowest BCUT2D eigenvalue weighted by molar-refractivity contribution is -0.142. The normalized spacial score (nSPS) is 10.6. The molecule has 0 bridgehead atoms. The number of rotatable bonds is 6. The van der Waals surface area contributed by atoms with E-state index in [2.05, 4.69) is 5.32 Å². The van der Waals surface area contributed by atoms with E-state index in [0.29, 0.717) is 0 Å². The highest BCUT2D eigenvalue weighted by atomic mass is 16.5. The molecule has 24 heavy (non-hydrogen) atoms. The molecule has 0 fully saturated rings. The molecule has 4 heteroatoms. The van der Waals surface area contributed by atoms with Crippen LogP contribution >= 0.6 is 0 Å². The van der Waals surface area contributed by atoms with Gasteiger partial charge in [-0.2, -0.15) is 0 Å². The number of amides is 1. The zero-order valence-corrected chi connectivity index (χ0v) is 13.9. The van der Waals surface area contributed by atoms with Crippen LogP contribution in [0.4, 0.5) is 5.69 Å². The number of esters is 1. The van der Waals surface area contributed by atoms with Gasteiger partial charge in [-0.1, -0.05) is 55.5 Å². The van der Waals surface area contributed by atoms with E-state index in [-0.39, 0.29) is 12.5 Å². The number of para-hydroxylation sites is 1. The summed E-state index contributed by atoms with van der Waals surface area (Å²) in [6.45, 7) is 3.65. The van der Waals surface area contributed by atoms with Crippen molar-refractivity contribution in [3.05, 3.63) is 71.3 Å². The lowest BCUT2D eigenvalue weighted by Crippen LogP contribution is -2.21. The molecule has 0 spiro atoms. The van der Waals surface area contributed by atoms with E-state index in [0.717, 1.165) is 28.8 Å². The average Bonchev–Trinajstić information content (AvgIpc) is 2.60. The maximum Gasteiger partial charge on any atom is 0.331 e. The monoisotopic (exact) mass is 323 g/mol. The second-order valence-electron chi connectivity index (χ2n) is 5.36. The van der Waals surface area contributed by atoms with E-state index >= 15 is 0 Å². The molecule has 0 saturated carbocycles. The number of carbonyl (C=O) groups is 2. The predicted molar refractivity (Wildman–Crippen MR) is 95.6 cm³/mol. The zero-order chi connectivity index (χ0) is 17.4. The van der Waals surface area contributed by atoms with Gasteiger partial charge >= 0.3 is 5.97 Å². The molecule has 0 aliphatic rings. The first-order chi connectivity index (χ1) is 11.6. The summed E-state index contributed by atoms with van der Waals surface area (Å²) in [5, 5.41) is 2.82. The van der Waals surface area contributed by atoms with E-state index in [1.807, 2.05) is 62.4 Å². The quantitative estimate of drug-likeness (QED) is 0.650. The molecule has 0 radical (unpaired) electrons. The van der Waals surface area contributed by atoms with Crippen LogP contribution in [-0.2, 0) is 20.7 Å². The Morgan fingerprint density at radius 1 is 1.08 bits per heavy atom. The molecule has 0 atom stereocenters. The summed E-state index contributed by atoms with van der Waals surface area (Å²) in [7, 11) is 0. The van der Waals surface area contributed by atoms with Gasteiger partial charge in [0, 0.05) is 11.8 Å². The molecule has 0 aliphatic heterocycles. The molecule has 1 N–H and O–H groups in total. The Morgan fingerprint density at radius 3 is 2.54 bits per heavy atom. The first-order valence-electron chi connectivity index (χ1n) is 7.88. The van der Waals surface area contributed by atoms with Crippen LogP contribution in [0, 0.1) is 6.92 Å². The molecule has 0 aliphatic carbocycles. The third kappa shape index (κ3) is 5.09. The molecular weight excluding hydrogens is 302 g/mol. The maximum atomic E-state index is 12.0. The standard InChI is InChI=1S/C20H21NO3/c1-3-17-11-7-8-15(2)20(17)21-18(22)14-24-19(23)13-12-16-9-5-4-6-10-16/h4-13H,3,14H2,1-2H3,(H,21,22)/b13-12+. The average molecular weight is 323 g/mol. The Balaban J connectivity index is 1.87. The molecule has 0 saturated heterocycles. The molecule has 0 aromatic heterocycles. The molecule has 0 unspecified atom stereocenters. The highest BCUT2D eigenvalue weighted by Gasteiger charge is 2.10. The van der Waals surface area contributed by atoms with Gasteiger partial charge in [-0.15, -0.1) is 0 Å². The minimum Gasteiger partial charge on any atom is -0.452 e. The van der Waals surface area contributed by atoms with Crippen molar-refractivity contribution in [3.8, 4) is 0 Å². The van der Waals surface area contributed by atoms with Crippen molar-refractivity contribution >= 4 is 23.6 Å². The highest BCUT2D eigenvalue weighted by Crippen LogP contribution is 2.20. The Hall–Kier alpha value is -2.88. The molecule has 124 valence electrons. The number of aryl methyl sites for hydroxylation is 2. The fraction of sp³-hybridized carbons (Fsp3) is 0.200. The van der Waals surface area contributed by atoms with Crippen LogP contribution in [0.3, 0.4) is 0 Å². The van der Waals surface area contributed by atoms with Crippen molar-refractivity contribution in [1.82, 2.24) is 0 Å². The molecule has 2 rings (SSSR count). The number of hydrogen-bond donors (Lipinski definition) is 1. The minimum atomic E-state index is -0.547. The van der Waals surface area contributed by atoms with Gasteiger partial charge in [-0.05, 0) is 36.1 Å². The van der Waals surface area contributed by atoms with E-state index in [9.17, 15) is 9.59 Å². The fourth-order valence-corrected chi connectivity index (χ4v) is 2.29. The molecule has 2 aromatic carbocycles. The second kappa shape index (κ2) is 8.67. The summed E-state index contributed by atoms with van der Waals surface area (Å²) in [5.74, 6) is -0.894. The first-order valence-corrected chi connectivity index (χ1v) is 7.88. The number of nitrogens with one attached hydrogen (secondary N) is 1. The Bertz CT molecular complexity index is 736. The smallest absolute Gasteiger partial charge is 0.331 e. The number of carbonyl (C=O) groups excluding carboxylic acids is 2. The largest absolute Gasteiger partial charge is 0.452 e. The van der Waals surface area contributed by atoms with Crippen molar-refractivity contribution in [2.75, 3.05) is 11.9 Å². The lowest BCUT2D eigenvalue weighted by atomic mass is 10.1. The first kappa shape index (κ1) is 17.5. The zero-order valence-electron chi connectivity index (χ0n) is 13.9. The molecule has 2 aromatic rings. The lowest BCUT2D eigenvalue weighted by Gasteiger charge is -2.12. The van der Waals surface area contributed by atoms with Crippen molar-refractivity contribution in [1.29, 1.82) is 0 Å². The summed E-state index contributed by atoms with van der Waals surface area (Å²) in [4.78, 5) is 23.7. The van der Waals surface area contributed by atoms with Crippen LogP contribution in [-0.4, -0.2) is 18.5 Å². The maximum absolute atomic E-state index is 12.0. The van der Waals surface area contributed by atoms with Crippen LogP contribution in [0.15, 0.2) is 54.6 Å². The van der Waals surface area contributed by atoms with Gasteiger partial charge in [0.05, 0.1) is 0 Å². The number of benzene rings is 2. The highest BCUT2D eigenvalue weighted by molar-refractivity contribution is 5.95. The van der Waals surface area contributed by atoms with Gasteiger partial charge in [-0.3, -0.25) is 4.79 Å². The Kier molecular flexibility index (Phi) is 6.32. The summed E-state index contributed by atoms with van der Waals surface area (Å²) in [6, 6.07) is 15.3. The molecule has 0 heterocycles. The third-order valence-electron chi connectivity index (χ3n) is 3.56. The van der Waals surface area contributed by atoms with Gasteiger partial charge in [0.2, 0.25) is 0 Å². The predicted octanol–water partition coefficient (Wildman–Crippen LogP) is 3.75. The van der Waals surface area contributed by atoms with E-state index in [1.54, 1.807) is 6.08 Å². The van der Waals surface area contributed by atoms with Crippen LogP contribution < -0.4 is 5.32 Å². The molecular formula is C20H21NO3. The van der Waals surface area contributed by atoms with Crippen molar-refractivity contribution in [2.45, 2.75) is 20.3 Å². The third-order valence-corrected chi connectivity index (χ3v) is 3.56. The van der Waals surface area contributed by atoms with E-state index < -0.39 is 5.97 Å². The van der Waals surface area contributed by atoms with Crippen molar-refractivity contribution < 1.29 is 14.3 Å². The fourth-order valence-electron chi connectivity index (χ4n) is 2.29. The van der Waals surface area contributed by atoms with E-state index in [1.165, 1.54) is 6.08 Å². The number of ether oxygens (including phenoxy) is 1. The molecule has 4 nitrogen and oxygen atoms in total. The summed E-state index contributed by atoms with van der Waals surface area (Å²) >= 11 is 0. The number of hydrogen-bond acceptors (Lipinski definition) is 3. The van der Waals surface area contributed by atoms with Gasteiger partial charge < -0.3 is 10.1 Å². The minimum absolute atomic E-state index is 0.310. The van der Waals surface area contributed by atoms with Crippen LogP contribution in [0.5, 0.6) is 0 Å². The molecule has 1 amide bonds. The van der Waals surface area contributed by atoms with Gasteiger partial charge in [0.1, 0.15) is 0 Å².